The van der Waals surface area contributed by atoms with Crippen LogP contribution in [-0.4, -0.2) is 42.4 Å². The van der Waals surface area contributed by atoms with Crippen molar-refractivity contribution >= 4 is 27.1 Å². The van der Waals surface area contributed by atoms with E-state index < -0.39 is 27.1 Å². The van der Waals surface area contributed by atoms with Crippen LogP contribution in [0, 0.1) is 0 Å². The van der Waals surface area contributed by atoms with Crippen LogP contribution < -0.4 is 68.7 Å². The molecule has 0 radical (unpaired) electrons. The van der Waals surface area contributed by atoms with Gasteiger partial charge in [-0.2, -0.15) is 0 Å². The first-order chi connectivity index (χ1) is 6.93. The first-order valence-corrected chi connectivity index (χ1v) is 4.62. The molecule has 0 atom stereocenters. The molecule has 0 aromatic rings. The molecular formula is C6H12Na2O9Si. The molecule has 12 heteroatoms. The molecule has 3 N–H and O–H groups in total. The largest absolute Gasteiger partial charge is 1.00 e. The van der Waals surface area contributed by atoms with Crippen LogP contribution in [0.5, 0.6) is 0 Å². The molecule has 0 spiro atoms. The first-order valence-electron chi connectivity index (χ1n) is 3.40. The van der Waals surface area contributed by atoms with E-state index in [9.17, 15) is 0 Å². The summed E-state index contributed by atoms with van der Waals surface area (Å²) in [7, 11) is -3.63. The van der Waals surface area contributed by atoms with E-state index in [1.54, 1.807) is 0 Å². The molecule has 0 aromatic carbocycles. The maximum absolute atomic E-state index is 9.00. The van der Waals surface area contributed by atoms with E-state index in [1.165, 1.54) is 0 Å². The van der Waals surface area contributed by atoms with Gasteiger partial charge in [0.1, 0.15) is 0 Å². The Morgan fingerprint density at radius 3 is 0.778 bits per heavy atom. The molecule has 0 amide bonds. The number of hydrogen-bond donors (Lipinski definition) is 3. The van der Waals surface area contributed by atoms with Crippen molar-refractivity contribution in [2.75, 3.05) is 0 Å². The standard InChI is InChI=1S/3C2H4O2.2Na.O3Si/c3*1-2(3)4;;;1-4(2)3/h3*1H3,(H,3,4);;;/q;;;2*+1;-2. The molecule has 0 saturated heterocycles. The van der Waals surface area contributed by atoms with Crippen LogP contribution in [0.25, 0.3) is 0 Å². The van der Waals surface area contributed by atoms with E-state index in [0.717, 1.165) is 20.8 Å². The minimum atomic E-state index is -3.63. The third kappa shape index (κ3) is 5010000. The van der Waals surface area contributed by atoms with E-state index in [4.69, 9.17) is 43.8 Å². The molecule has 0 aliphatic carbocycles. The molecule has 0 aromatic heterocycles. The van der Waals surface area contributed by atoms with Gasteiger partial charge in [0.15, 0.2) is 0 Å². The van der Waals surface area contributed by atoms with Crippen LogP contribution in [-0.2, 0) is 18.8 Å². The van der Waals surface area contributed by atoms with Crippen molar-refractivity contribution in [1.82, 2.24) is 0 Å². The SMILES string of the molecule is CC(=O)O.CC(=O)O.CC(=O)O.O=[Si]([O-])[O-].[Na+].[Na+]. The fraction of sp³-hybridized carbons (Fsp3) is 0.500. The fourth-order valence-electron chi connectivity index (χ4n) is 0. The van der Waals surface area contributed by atoms with Gasteiger partial charge in [-0.1, -0.05) is 0 Å². The number of carboxylic acids is 3. The van der Waals surface area contributed by atoms with Gasteiger partial charge in [-0.3, -0.25) is 14.4 Å². The van der Waals surface area contributed by atoms with Gasteiger partial charge in [0, 0.05) is 29.9 Å². The van der Waals surface area contributed by atoms with Crippen molar-refractivity contribution < 1.29 is 103 Å². The average molecular weight is 302 g/mol. The second-order valence-corrected chi connectivity index (χ2v) is 2.31. The van der Waals surface area contributed by atoms with Gasteiger partial charge < -0.3 is 29.4 Å². The van der Waals surface area contributed by atoms with Gasteiger partial charge in [0.2, 0.25) is 0 Å². The Hall–Kier alpha value is 0.0269. The Labute approximate surface area is 149 Å². The molecule has 0 saturated carbocycles. The van der Waals surface area contributed by atoms with Gasteiger partial charge in [-0.05, 0) is 0 Å². The van der Waals surface area contributed by atoms with Crippen molar-refractivity contribution in [3.8, 4) is 0 Å². The summed E-state index contributed by atoms with van der Waals surface area (Å²) >= 11 is 0. The Kier molecular flexibility index (Phi) is 60.7. The third-order valence-electron chi connectivity index (χ3n) is 0. The number of hydrogen-bond acceptors (Lipinski definition) is 6. The average Bonchev–Trinajstić information content (AvgIpc) is 1.76. The van der Waals surface area contributed by atoms with Gasteiger partial charge in [0.25, 0.3) is 17.9 Å². The molecule has 96 valence electrons. The minimum Gasteiger partial charge on any atom is -0.672 e. The predicted octanol–water partition coefficient (Wildman–Crippen LogP) is -8.60. The molecule has 9 nitrogen and oxygen atoms in total. The second-order valence-electron chi connectivity index (χ2n) is 1.81. The number of carboxylic acid groups (broad SMARTS) is 3. The summed E-state index contributed by atoms with van der Waals surface area (Å²) in [6.07, 6.45) is 0. The zero-order valence-electron chi connectivity index (χ0n) is 10.8. The number of rotatable bonds is 0. The molecule has 0 heterocycles. The van der Waals surface area contributed by atoms with Crippen molar-refractivity contribution in [3.05, 3.63) is 0 Å². The van der Waals surface area contributed by atoms with E-state index in [-0.39, 0.29) is 59.1 Å². The Morgan fingerprint density at radius 1 is 0.778 bits per heavy atom. The monoisotopic (exact) mass is 302 g/mol. The van der Waals surface area contributed by atoms with Crippen LogP contribution in [0.4, 0.5) is 0 Å². The topological polar surface area (TPSA) is 175 Å². The smallest absolute Gasteiger partial charge is 0.672 e. The van der Waals surface area contributed by atoms with Crippen LogP contribution in [0.1, 0.15) is 20.8 Å². The summed E-state index contributed by atoms with van der Waals surface area (Å²) in [5.41, 5.74) is 0. The van der Waals surface area contributed by atoms with Crippen molar-refractivity contribution in [2.45, 2.75) is 20.8 Å². The summed E-state index contributed by atoms with van der Waals surface area (Å²) in [5.74, 6) is -2.50. The molecule has 0 bridgehead atoms. The molecule has 0 fully saturated rings. The Bertz CT molecular complexity index is 169. The third-order valence-corrected chi connectivity index (χ3v) is 0. The van der Waals surface area contributed by atoms with E-state index in [0.29, 0.717) is 0 Å². The maximum atomic E-state index is 9.00. The molecule has 0 aliphatic heterocycles. The van der Waals surface area contributed by atoms with Crippen molar-refractivity contribution in [2.24, 2.45) is 0 Å². The van der Waals surface area contributed by atoms with E-state index in [2.05, 4.69) is 0 Å². The molecular weight excluding hydrogens is 290 g/mol. The van der Waals surface area contributed by atoms with Crippen LogP contribution >= 0.6 is 0 Å². The van der Waals surface area contributed by atoms with Crippen molar-refractivity contribution in [3.63, 3.8) is 0 Å². The summed E-state index contributed by atoms with van der Waals surface area (Å²) in [5, 5.41) is 22.2. The summed E-state index contributed by atoms with van der Waals surface area (Å²) in [4.78, 5) is 44.0. The summed E-state index contributed by atoms with van der Waals surface area (Å²) in [6, 6.07) is 0. The first kappa shape index (κ1) is 36.1. The van der Waals surface area contributed by atoms with Gasteiger partial charge in [-0.25, -0.2) is 0 Å². The predicted molar refractivity (Wildman–Crippen MR) is 46.4 cm³/mol. The van der Waals surface area contributed by atoms with Crippen LogP contribution in [0.2, 0.25) is 0 Å². The van der Waals surface area contributed by atoms with Gasteiger partial charge in [-0.15, -0.1) is 0 Å². The summed E-state index contributed by atoms with van der Waals surface area (Å²) in [6.45, 7) is 3.25. The fourth-order valence-corrected chi connectivity index (χ4v) is 0. The number of aliphatic carboxylic acids is 3. The van der Waals surface area contributed by atoms with E-state index in [1.807, 2.05) is 0 Å². The minimum absolute atomic E-state index is 0. The maximum Gasteiger partial charge on any atom is 1.00 e. The summed E-state index contributed by atoms with van der Waals surface area (Å²) < 4.78 is 8.52. The zero-order chi connectivity index (χ0) is 14.3. The van der Waals surface area contributed by atoms with Gasteiger partial charge in [0.05, 0.1) is 0 Å². The Morgan fingerprint density at radius 2 is 0.778 bits per heavy atom. The normalized spacial score (nSPS) is 5.50. The molecule has 0 aliphatic rings. The van der Waals surface area contributed by atoms with Crippen LogP contribution in [0.3, 0.4) is 0 Å². The molecule has 18 heavy (non-hydrogen) atoms. The van der Waals surface area contributed by atoms with Gasteiger partial charge >= 0.3 is 59.1 Å². The second kappa shape index (κ2) is 30.2. The molecule has 0 unspecified atom stereocenters. The van der Waals surface area contributed by atoms with Crippen molar-refractivity contribution in [1.29, 1.82) is 0 Å². The van der Waals surface area contributed by atoms with Crippen LogP contribution in [0.15, 0.2) is 0 Å². The van der Waals surface area contributed by atoms with E-state index >= 15 is 0 Å². The zero-order valence-corrected chi connectivity index (χ0v) is 15.8. The number of carbonyl (C=O) groups is 3. The molecule has 0 rings (SSSR count). The quantitative estimate of drug-likeness (QED) is 0.367. The Balaban J connectivity index is -0.0000000257.